The number of non-ortho nitro benzene ring substituents is 1. The van der Waals surface area contributed by atoms with Gasteiger partial charge < -0.3 is 0 Å². The van der Waals surface area contributed by atoms with E-state index in [0.29, 0.717) is 17.0 Å². The number of nitrogens with zero attached hydrogens (tertiary/aromatic N) is 3. The van der Waals surface area contributed by atoms with Gasteiger partial charge in [0.1, 0.15) is 6.54 Å². The molecule has 3 aromatic carbocycles. The molecule has 0 fully saturated rings. The van der Waals surface area contributed by atoms with E-state index >= 15 is 0 Å². The molecule has 0 radical (unpaired) electrons. The number of nitro benzene ring substituents is 1. The van der Waals surface area contributed by atoms with E-state index in [1.165, 1.54) is 30.3 Å². The summed E-state index contributed by atoms with van der Waals surface area (Å²) in [5, 5.41) is 15.0. The van der Waals surface area contributed by atoms with E-state index in [0.717, 1.165) is 21.0 Å². The van der Waals surface area contributed by atoms with Gasteiger partial charge in [0.25, 0.3) is 21.6 Å². The van der Waals surface area contributed by atoms with Gasteiger partial charge in [-0.05, 0) is 63.1 Å². The third-order valence-corrected chi connectivity index (χ3v) is 7.29. The summed E-state index contributed by atoms with van der Waals surface area (Å²) >= 11 is 0. The maximum absolute atomic E-state index is 13.5. The highest BCUT2D eigenvalue weighted by Crippen LogP contribution is 2.26. The topological polar surface area (TPSA) is 122 Å². The Balaban J connectivity index is 1.90. The van der Waals surface area contributed by atoms with E-state index in [4.69, 9.17) is 0 Å². The molecule has 0 atom stereocenters. The maximum Gasteiger partial charge on any atom is 0.270 e. The number of rotatable bonds is 8. The first-order chi connectivity index (χ1) is 16.5. The monoisotopic (exact) mass is 494 g/mol. The average molecular weight is 495 g/mol. The van der Waals surface area contributed by atoms with Crippen molar-refractivity contribution < 1.29 is 18.1 Å². The van der Waals surface area contributed by atoms with Crippen molar-refractivity contribution in [1.29, 1.82) is 0 Å². The fourth-order valence-electron chi connectivity index (χ4n) is 3.25. The fourth-order valence-corrected chi connectivity index (χ4v) is 4.67. The molecule has 1 N–H and O–H groups in total. The van der Waals surface area contributed by atoms with Crippen LogP contribution < -0.4 is 9.73 Å². The lowest BCUT2D eigenvalue weighted by molar-refractivity contribution is -0.384. The number of hydrogen-bond donors (Lipinski definition) is 1. The van der Waals surface area contributed by atoms with Crippen LogP contribution in [0.5, 0.6) is 0 Å². The minimum absolute atomic E-state index is 0.0606. The highest BCUT2D eigenvalue weighted by molar-refractivity contribution is 7.92. The van der Waals surface area contributed by atoms with Crippen molar-refractivity contribution >= 4 is 33.0 Å². The third kappa shape index (κ3) is 6.10. The predicted octanol–water partition coefficient (Wildman–Crippen LogP) is 4.26. The number of aryl methyl sites for hydroxylation is 3. The van der Waals surface area contributed by atoms with Crippen LogP contribution in [0.15, 0.2) is 76.7 Å². The van der Waals surface area contributed by atoms with E-state index in [9.17, 15) is 23.3 Å². The second-order valence-electron chi connectivity index (χ2n) is 8.13. The Labute approximate surface area is 204 Å². The van der Waals surface area contributed by atoms with E-state index in [1.54, 1.807) is 43.3 Å². The number of hydrazone groups is 1. The Morgan fingerprint density at radius 3 is 2.31 bits per heavy atom. The van der Waals surface area contributed by atoms with Crippen LogP contribution in [0.3, 0.4) is 0 Å². The van der Waals surface area contributed by atoms with Gasteiger partial charge in [0.2, 0.25) is 0 Å². The summed E-state index contributed by atoms with van der Waals surface area (Å²) in [5.74, 6) is -0.663. The summed E-state index contributed by atoms with van der Waals surface area (Å²) < 4.78 is 28.0. The van der Waals surface area contributed by atoms with Gasteiger partial charge in [0.05, 0.1) is 21.2 Å². The van der Waals surface area contributed by atoms with Gasteiger partial charge in [-0.3, -0.25) is 19.2 Å². The first-order valence-corrected chi connectivity index (χ1v) is 12.2. The number of amides is 1. The molecule has 0 aromatic heterocycles. The first-order valence-electron chi connectivity index (χ1n) is 10.7. The lowest BCUT2D eigenvalue weighted by Gasteiger charge is -2.24. The van der Waals surface area contributed by atoms with Gasteiger partial charge in [0.15, 0.2) is 0 Å². The largest absolute Gasteiger partial charge is 0.271 e. The van der Waals surface area contributed by atoms with Crippen LogP contribution >= 0.6 is 0 Å². The normalized spacial score (nSPS) is 11.7. The van der Waals surface area contributed by atoms with E-state index in [1.807, 2.05) is 20.8 Å². The molecule has 3 aromatic rings. The molecule has 182 valence electrons. The molecule has 0 heterocycles. The van der Waals surface area contributed by atoms with Crippen LogP contribution in [0.4, 0.5) is 11.4 Å². The Hall–Kier alpha value is -4.05. The summed E-state index contributed by atoms with van der Waals surface area (Å²) in [7, 11) is -4.05. The number of nitrogens with one attached hydrogen (secondary N) is 1. The molecule has 35 heavy (non-hydrogen) atoms. The van der Waals surface area contributed by atoms with E-state index in [2.05, 4.69) is 10.5 Å². The molecule has 0 bridgehead atoms. The van der Waals surface area contributed by atoms with Gasteiger partial charge >= 0.3 is 0 Å². The molecule has 0 saturated carbocycles. The molecule has 0 aliphatic rings. The smallest absolute Gasteiger partial charge is 0.270 e. The Kier molecular flexibility index (Phi) is 7.65. The molecule has 0 aliphatic heterocycles. The maximum atomic E-state index is 13.5. The Bertz CT molecular complexity index is 1400. The van der Waals surface area contributed by atoms with Crippen LogP contribution in [0.25, 0.3) is 0 Å². The molecule has 0 saturated heterocycles. The zero-order valence-electron chi connectivity index (χ0n) is 19.8. The van der Waals surface area contributed by atoms with E-state index < -0.39 is 27.4 Å². The Morgan fingerprint density at radius 1 is 1.00 bits per heavy atom. The van der Waals surface area contributed by atoms with Crippen LogP contribution in [0.1, 0.15) is 29.2 Å². The van der Waals surface area contributed by atoms with Gasteiger partial charge in [-0.2, -0.15) is 5.10 Å². The summed E-state index contributed by atoms with van der Waals surface area (Å²) in [6.07, 6.45) is 0. The molecule has 9 nitrogen and oxygen atoms in total. The molecule has 3 rings (SSSR count). The van der Waals surface area contributed by atoms with Crippen molar-refractivity contribution in [3.8, 4) is 0 Å². The van der Waals surface area contributed by atoms with Crippen molar-refractivity contribution in [2.24, 2.45) is 5.10 Å². The summed E-state index contributed by atoms with van der Waals surface area (Å²) in [6, 6.07) is 17.4. The van der Waals surface area contributed by atoms with Crippen molar-refractivity contribution in [3.05, 3.63) is 99.1 Å². The minimum atomic E-state index is -4.05. The molecule has 0 unspecified atom stereocenters. The summed E-state index contributed by atoms with van der Waals surface area (Å²) in [6.45, 7) is 6.71. The zero-order valence-corrected chi connectivity index (χ0v) is 20.7. The molecule has 1 amide bonds. The van der Waals surface area contributed by atoms with Crippen LogP contribution in [-0.2, 0) is 14.8 Å². The molecule has 10 heteroatoms. The number of anilines is 1. The van der Waals surface area contributed by atoms with Gasteiger partial charge in [0, 0.05) is 17.7 Å². The quantitative estimate of drug-likeness (QED) is 0.285. The highest BCUT2D eigenvalue weighted by Gasteiger charge is 2.27. The van der Waals surface area contributed by atoms with Gasteiger partial charge in [-0.1, -0.05) is 35.9 Å². The van der Waals surface area contributed by atoms with Crippen LogP contribution in [-0.4, -0.2) is 31.5 Å². The standard InChI is InChI=1S/C25H26N4O5S/c1-17-8-12-24(13-9-17)35(33,34)28(22-11-10-18(2)19(3)14-22)16-25(30)27-26-20(4)21-6-5-7-23(15-21)29(31)32/h5-15H,16H2,1-4H3,(H,27,30)/b26-20-. The molecular formula is C25H26N4O5S. The molecule has 0 spiro atoms. The van der Waals surface area contributed by atoms with Crippen molar-refractivity contribution in [3.63, 3.8) is 0 Å². The van der Waals surface area contributed by atoms with Crippen molar-refractivity contribution in [2.45, 2.75) is 32.6 Å². The summed E-state index contributed by atoms with van der Waals surface area (Å²) in [5.41, 5.74) is 6.18. The van der Waals surface area contributed by atoms with Crippen LogP contribution in [0.2, 0.25) is 0 Å². The minimum Gasteiger partial charge on any atom is -0.271 e. The fraction of sp³-hybridized carbons (Fsp3) is 0.200. The lowest BCUT2D eigenvalue weighted by atomic mass is 10.1. The first kappa shape index (κ1) is 25.6. The second kappa shape index (κ2) is 10.5. The number of benzene rings is 3. The zero-order chi connectivity index (χ0) is 25.8. The SMILES string of the molecule is C/C(=N/NC(=O)CN(c1ccc(C)c(C)c1)S(=O)(=O)c1ccc(C)cc1)c1cccc([N+](=O)[O-])c1. The summed E-state index contributed by atoms with van der Waals surface area (Å²) in [4.78, 5) is 23.3. The number of carbonyl (C=O) groups is 1. The second-order valence-corrected chi connectivity index (χ2v) is 10.00. The average Bonchev–Trinajstić information content (AvgIpc) is 2.83. The van der Waals surface area contributed by atoms with E-state index in [-0.39, 0.29) is 10.6 Å². The predicted molar refractivity (Wildman–Crippen MR) is 135 cm³/mol. The van der Waals surface area contributed by atoms with Crippen LogP contribution in [0, 0.1) is 30.9 Å². The third-order valence-electron chi connectivity index (χ3n) is 5.50. The molecule has 0 aliphatic carbocycles. The van der Waals surface area contributed by atoms with Gasteiger partial charge in [-0.25, -0.2) is 13.8 Å². The number of nitro groups is 1. The number of sulfonamides is 1. The lowest BCUT2D eigenvalue weighted by Crippen LogP contribution is -2.39. The number of carbonyl (C=O) groups excluding carboxylic acids is 1. The highest BCUT2D eigenvalue weighted by atomic mass is 32.2. The van der Waals surface area contributed by atoms with Gasteiger partial charge in [-0.15, -0.1) is 0 Å². The van der Waals surface area contributed by atoms with Crippen molar-refractivity contribution in [1.82, 2.24) is 5.43 Å². The van der Waals surface area contributed by atoms with Crippen molar-refractivity contribution in [2.75, 3.05) is 10.8 Å². The number of hydrogen-bond acceptors (Lipinski definition) is 6. The Morgan fingerprint density at radius 2 is 1.69 bits per heavy atom. The molecular weight excluding hydrogens is 468 g/mol.